The van der Waals surface area contributed by atoms with E-state index in [2.05, 4.69) is 49.6 Å². The molecule has 1 atom stereocenters. The number of nitrogens with one attached hydrogen (secondary N) is 2. The predicted molar refractivity (Wildman–Crippen MR) is 106 cm³/mol. The van der Waals surface area contributed by atoms with E-state index in [-0.39, 0.29) is 12.0 Å². The summed E-state index contributed by atoms with van der Waals surface area (Å²) in [7, 11) is 0. The number of hydrogen-bond acceptors (Lipinski definition) is 3. The van der Waals surface area contributed by atoms with Gasteiger partial charge in [0.2, 0.25) is 0 Å². The van der Waals surface area contributed by atoms with Crippen molar-refractivity contribution in [2.75, 3.05) is 11.9 Å². The average Bonchev–Trinajstić information content (AvgIpc) is 2.55. The maximum Gasteiger partial charge on any atom is 0.338 e. The zero-order valence-corrected chi connectivity index (χ0v) is 15.9. The first-order valence-electron chi connectivity index (χ1n) is 8.32. The molecule has 0 aliphatic carbocycles. The zero-order chi connectivity index (χ0) is 18.4. The van der Waals surface area contributed by atoms with Crippen LogP contribution in [0.3, 0.4) is 0 Å². The summed E-state index contributed by atoms with van der Waals surface area (Å²) < 4.78 is 5.02. The molecule has 2 rings (SSSR count). The van der Waals surface area contributed by atoms with E-state index in [4.69, 9.17) is 17.0 Å². The lowest BCUT2D eigenvalue weighted by molar-refractivity contribution is 0.0526. The number of ether oxygens (including phenoxy) is 1. The Balaban J connectivity index is 2.02. The summed E-state index contributed by atoms with van der Waals surface area (Å²) in [6, 6.07) is 13.6. The van der Waals surface area contributed by atoms with Gasteiger partial charge in [0.1, 0.15) is 0 Å². The van der Waals surface area contributed by atoms with Gasteiger partial charge in [-0.15, -0.1) is 0 Å². The molecule has 0 fully saturated rings. The highest BCUT2D eigenvalue weighted by molar-refractivity contribution is 7.80. The lowest BCUT2D eigenvalue weighted by Gasteiger charge is -2.19. The Bertz CT molecular complexity index is 774. The second kappa shape index (κ2) is 8.62. The highest BCUT2D eigenvalue weighted by Gasteiger charge is 2.11. The van der Waals surface area contributed by atoms with Crippen molar-refractivity contribution in [2.45, 2.75) is 33.7 Å². The van der Waals surface area contributed by atoms with E-state index in [0.29, 0.717) is 17.3 Å². The number of carbonyl (C=O) groups is 1. The van der Waals surface area contributed by atoms with Gasteiger partial charge in [0.05, 0.1) is 18.2 Å². The molecule has 2 N–H and O–H groups in total. The lowest BCUT2D eigenvalue weighted by atomic mass is 10.0. The van der Waals surface area contributed by atoms with Crippen LogP contribution in [0.4, 0.5) is 5.69 Å². The molecular weight excluding hydrogens is 332 g/mol. The third-order valence-corrected chi connectivity index (χ3v) is 4.09. The minimum absolute atomic E-state index is 0.0776. The van der Waals surface area contributed by atoms with E-state index in [1.54, 1.807) is 25.1 Å². The molecular formula is C20H24N2O2S. The molecule has 0 saturated carbocycles. The molecule has 25 heavy (non-hydrogen) atoms. The zero-order valence-electron chi connectivity index (χ0n) is 15.1. The predicted octanol–water partition coefficient (Wildman–Crippen LogP) is 4.53. The van der Waals surface area contributed by atoms with Gasteiger partial charge in [-0.05, 0) is 69.2 Å². The van der Waals surface area contributed by atoms with Crippen molar-refractivity contribution in [1.29, 1.82) is 0 Å². The van der Waals surface area contributed by atoms with Crippen LogP contribution in [-0.2, 0) is 4.74 Å². The summed E-state index contributed by atoms with van der Waals surface area (Å²) in [6.07, 6.45) is 0. The molecule has 0 aromatic heterocycles. The van der Waals surface area contributed by atoms with Gasteiger partial charge in [0.15, 0.2) is 5.11 Å². The molecule has 0 spiro atoms. The summed E-state index contributed by atoms with van der Waals surface area (Å²) in [4.78, 5) is 11.8. The number of carbonyl (C=O) groups excluding carboxylic acids is 1. The van der Waals surface area contributed by atoms with Crippen molar-refractivity contribution in [2.24, 2.45) is 0 Å². The van der Waals surface area contributed by atoms with Crippen molar-refractivity contribution in [1.82, 2.24) is 5.32 Å². The molecule has 0 amide bonds. The fourth-order valence-electron chi connectivity index (χ4n) is 2.69. The first kappa shape index (κ1) is 18.9. The number of rotatable bonds is 5. The number of hydrogen-bond donors (Lipinski definition) is 2. The van der Waals surface area contributed by atoms with Crippen LogP contribution in [0.15, 0.2) is 42.5 Å². The number of esters is 1. The number of aryl methyl sites for hydroxylation is 2. The smallest absolute Gasteiger partial charge is 0.338 e. The maximum atomic E-state index is 11.8. The standard InChI is InChI=1S/C20H24N2O2S/c1-5-24-19(23)16-7-6-8-17(12-16)22-20(25)21-15(4)18-10-9-13(2)11-14(18)3/h6-12,15H,5H2,1-4H3,(H2,21,22,25)/t15-/m1/s1. The molecule has 0 aliphatic heterocycles. The minimum Gasteiger partial charge on any atom is -0.462 e. The van der Waals surface area contributed by atoms with E-state index < -0.39 is 0 Å². The van der Waals surface area contributed by atoms with Crippen LogP contribution in [0, 0.1) is 13.8 Å². The van der Waals surface area contributed by atoms with Gasteiger partial charge in [-0.3, -0.25) is 0 Å². The Morgan fingerprint density at radius 3 is 2.64 bits per heavy atom. The van der Waals surface area contributed by atoms with Crippen molar-refractivity contribution >= 4 is 29.0 Å². The van der Waals surface area contributed by atoms with Crippen LogP contribution < -0.4 is 10.6 Å². The Morgan fingerprint density at radius 1 is 1.20 bits per heavy atom. The second-order valence-electron chi connectivity index (χ2n) is 5.98. The van der Waals surface area contributed by atoms with E-state index in [9.17, 15) is 4.79 Å². The van der Waals surface area contributed by atoms with Crippen molar-refractivity contribution in [3.8, 4) is 0 Å². The Kier molecular flexibility index (Phi) is 6.53. The molecule has 4 nitrogen and oxygen atoms in total. The summed E-state index contributed by atoms with van der Waals surface area (Å²) >= 11 is 5.40. The molecule has 0 heterocycles. The Hall–Kier alpha value is -2.40. The highest BCUT2D eigenvalue weighted by Crippen LogP contribution is 2.19. The molecule has 2 aromatic rings. The van der Waals surface area contributed by atoms with Crippen LogP contribution in [0.25, 0.3) is 0 Å². The third kappa shape index (κ3) is 5.29. The third-order valence-electron chi connectivity index (χ3n) is 3.87. The molecule has 0 aliphatic rings. The fraction of sp³-hybridized carbons (Fsp3) is 0.300. The number of anilines is 1. The normalized spacial score (nSPS) is 11.5. The minimum atomic E-state index is -0.339. The lowest BCUT2D eigenvalue weighted by Crippen LogP contribution is -2.31. The van der Waals surface area contributed by atoms with Gasteiger partial charge in [-0.2, -0.15) is 0 Å². The Morgan fingerprint density at radius 2 is 1.96 bits per heavy atom. The molecule has 0 bridgehead atoms. The topological polar surface area (TPSA) is 50.4 Å². The van der Waals surface area contributed by atoms with E-state index in [0.717, 1.165) is 5.69 Å². The summed E-state index contributed by atoms with van der Waals surface area (Å²) in [5.41, 5.74) is 4.92. The quantitative estimate of drug-likeness (QED) is 0.609. The maximum absolute atomic E-state index is 11.8. The highest BCUT2D eigenvalue weighted by atomic mass is 32.1. The van der Waals surface area contributed by atoms with E-state index in [1.807, 2.05) is 6.07 Å². The SMILES string of the molecule is CCOC(=O)c1cccc(NC(=S)N[C@H](C)c2ccc(C)cc2C)c1. The van der Waals surface area contributed by atoms with Gasteiger partial charge in [0, 0.05) is 5.69 Å². The van der Waals surface area contributed by atoms with Gasteiger partial charge in [-0.1, -0.05) is 29.8 Å². The van der Waals surface area contributed by atoms with Crippen LogP contribution in [0.5, 0.6) is 0 Å². The van der Waals surface area contributed by atoms with Crippen LogP contribution in [-0.4, -0.2) is 17.7 Å². The molecule has 0 unspecified atom stereocenters. The van der Waals surface area contributed by atoms with Crippen molar-refractivity contribution in [3.05, 3.63) is 64.7 Å². The summed E-state index contributed by atoms with van der Waals surface area (Å²) in [6.45, 7) is 8.38. The first-order valence-corrected chi connectivity index (χ1v) is 8.73. The fourth-order valence-corrected chi connectivity index (χ4v) is 2.99. The number of benzene rings is 2. The van der Waals surface area contributed by atoms with Gasteiger partial charge in [-0.25, -0.2) is 4.79 Å². The second-order valence-corrected chi connectivity index (χ2v) is 6.39. The average molecular weight is 356 g/mol. The van der Waals surface area contributed by atoms with Crippen molar-refractivity contribution in [3.63, 3.8) is 0 Å². The van der Waals surface area contributed by atoms with Crippen LogP contribution in [0.2, 0.25) is 0 Å². The van der Waals surface area contributed by atoms with Gasteiger partial charge >= 0.3 is 5.97 Å². The Labute approximate surface area is 154 Å². The molecule has 5 heteroatoms. The molecule has 2 aromatic carbocycles. The number of thiocarbonyl (C=S) groups is 1. The van der Waals surface area contributed by atoms with E-state index in [1.165, 1.54) is 16.7 Å². The largest absolute Gasteiger partial charge is 0.462 e. The van der Waals surface area contributed by atoms with Crippen molar-refractivity contribution < 1.29 is 9.53 Å². The van der Waals surface area contributed by atoms with Crippen LogP contribution in [0.1, 0.15) is 46.9 Å². The summed E-state index contributed by atoms with van der Waals surface area (Å²) in [5, 5.41) is 6.91. The van der Waals surface area contributed by atoms with E-state index >= 15 is 0 Å². The molecule has 0 radical (unpaired) electrons. The summed E-state index contributed by atoms with van der Waals surface area (Å²) in [5.74, 6) is -0.339. The molecule has 0 saturated heterocycles. The van der Waals surface area contributed by atoms with Gasteiger partial charge < -0.3 is 15.4 Å². The first-order chi connectivity index (χ1) is 11.9. The van der Waals surface area contributed by atoms with Gasteiger partial charge in [0.25, 0.3) is 0 Å². The monoisotopic (exact) mass is 356 g/mol. The van der Waals surface area contributed by atoms with Crippen LogP contribution >= 0.6 is 12.2 Å². The molecule has 132 valence electrons.